The molecule has 1 aromatic rings. The summed E-state index contributed by atoms with van der Waals surface area (Å²) in [6.07, 6.45) is -4.24. The van der Waals surface area contributed by atoms with Gasteiger partial charge >= 0.3 is 6.18 Å². The summed E-state index contributed by atoms with van der Waals surface area (Å²) in [6.45, 7) is 1.39. The second-order valence-electron chi connectivity index (χ2n) is 3.87. The van der Waals surface area contributed by atoms with Crippen LogP contribution in [0.3, 0.4) is 0 Å². The van der Waals surface area contributed by atoms with Crippen LogP contribution >= 0.6 is 0 Å². The minimum absolute atomic E-state index is 0.319. The molecule has 0 aromatic carbocycles. The maximum Gasteiger partial charge on any atom is 0.431 e. The number of nitrogens with one attached hydrogen (secondary N) is 2. The monoisotopic (exact) mass is 278 g/mol. The van der Waals surface area contributed by atoms with E-state index in [4.69, 9.17) is 5.11 Å². The molecule has 1 heterocycles. The lowest BCUT2D eigenvalue weighted by Crippen LogP contribution is -2.39. The number of H-pyrrole nitrogens is 1. The molecular formula is C11H13F3N2O3. The maximum atomic E-state index is 12.3. The summed E-state index contributed by atoms with van der Waals surface area (Å²) in [6, 6.07) is 0.881. The molecule has 8 heteroatoms. The molecular weight excluding hydrogens is 265 g/mol. The number of aromatic nitrogens is 1. The number of aliphatic hydroxyl groups excluding tert-OH is 1. The number of hydrogen-bond donors (Lipinski definition) is 3. The summed E-state index contributed by atoms with van der Waals surface area (Å²) < 4.78 is 36.9. The zero-order valence-electron chi connectivity index (χ0n) is 10.0. The zero-order chi connectivity index (χ0) is 14.6. The van der Waals surface area contributed by atoms with E-state index in [2.05, 4.69) is 5.32 Å². The molecule has 1 amide bonds. The molecule has 0 unspecified atom stereocenters. The molecule has 19 heavy (non-hydrogen) atoms. The van der Waals surface area contributed by atoms with Gasteiger partial charge in [-0.2, -0.15) is 13.2 Å². The fraction of sp³-hybridized carbons (Fsp3) is 0.455. The number of aromatic amines is 1. The second kappa shape index (κ2) is 5.87. The molecule has 0 fully saturated rings. The summed E-state index contributed by atoms with van der Waals surface area (Å²) in [5.41, 5.74) is -2.77. The van der Waals surface area contributed by atoms with E-state index >= 15 is 0 Å². The number of hydrogen-bond acceptors (Lipinski definition) is 3. The Balaban J connectivity index is 2.97. The average Bonchev–Trinajstić information content (AvgIpc) is 2.34. The predicted octanol–water partition coefficient (Wildman–Crippen LogP) is 0.894. The fourth-order valence-corrected chi connectivity index (χ4v) is 1.36. The first-order valence-electron chi connectivity index (χ1n) is 5.51. The molecule has 0 aliphatic heterocycles. The van der Waals surface area contributed by atoms with Crippen LogP contribution in [0.1, 0.15) is 29.4 Å². The Bertz CT molecular complexity index is 507. The van der Waals surface area contributed by atoms with Crippen LogP contribution in [0, 0.1) is 0 Å². The van der Waals surface area contributed by atoms with E-state index in [9.17, 15) is 22.8 Å². The standard InChI is InChI=1S/C11H13F3N2O3/c1-2-6(5-17)15-9(18)7-3-4-8(11(12,13)14)16-10(7)19/h3-4,6,17H,2,5H2,1H3,(H,15,18)(H,16,19)/t6-/m1/s1. The Morgan fingerprint density at radius 3 is 2.53 bits per heavy atom. The van der Waals surface area contributed by atoms with Gasteiger partial charge < -0.3 is 15.4 Å². The van der Waals surface area contributed by atoms with Crippen LogP contribution in [0.25, 0.3) is 0 Å². The molecule has 0 saturated carbocycles. The number of amides is 1. The van der Waals surface area contributed by atoms with E-state index in [1.807, 2.05) is 0 Å². The normalized spacial score (nSPS) is 13.1. The molecule has 5 nitrogen and oxygen atoms in total. The van der Waals surface area contributed by atoms with Gasteiger partial charge in [0.15, 0.2) is 0 Å². The van der Waals surface area contributed by atoms with Gasteiger partial charge in [0.1, 0.15) is 11.3 Å². The van der Waals surface area contributed by atoms with Crippen molar-refractivity contribution in [3.05, 3.63) is 33.7 Å². The van der Waals surface area contributed by atoms with E-state index in [-0.39, 0.29) is 6.61 Å². The third kappa shape index (κ3) is 3.82. The lowest BCUT2D eigenvalue weighted by molar-refractivity contribution is -0.141. The number of halogens is 3. The zero-order valence-corrected chi connectivity index (χ0v) is 10.0. The van der Waals surface area contributed by atoms with E-state index in [0.29, 0.717) is 12.5 Å². The van der Waals surface area contributed by atoms with Gasteiger partial charge in [0, 0.05) is 0 Å². The topological polar surface area (TPSA) is 82.2 Å². The smallest absolute Gasteiger partial charge is 0.394 e. The van der Waals surface area contributed by atoms with Gasteiger partial charge in [-0.1, -0.05) is 6.92 Å². The van der Waals surface area contributed by atoms with Crippen LogP contribution in [0.5, 0.6) is 0 Å². The van der Waals surface area contributed by atoms with Crippen LogP contribution in [0.4, 0.5) is 13.2 Å². The molecule has 106 valence electrons. The summed E-state index contributed by atoms with van der Waals surface area (Å²) in [4.78, 5) is 24.6. The summed E-state index contributed by atoms with van der Waals surface area (Å²) in [5, 5.41) is 11.2. The Morgan fingerprint density at radius 2 is 2.11 bits per heavy atom. The van der Waals surface area contributed by atoms with Gasteiger partial charge in [0.25, 0.3) is 11.5 Å². The highest BCUT2D eigenvalue weighted by atomic mass is 19.4. The summed E-state index contributed by atoms with van der Waals surface area (Å²) in [5.74, 6) is -0.823. The van der Waals surface area contributed by atoms with Gasteiger partial charge in [-0.15, -0.1) is 0 Å². The molecule has 3 N–H and O–H groups in total. The first-order chi connectivity index (χ1) is 8.79. The molecule has 0 aliphatic rings. The highest BCUT2D eigenvalue weighted by Crippen LogP contribution is 2.26. The third-order valence-electron chi connectivity index (χ3n) is 2.51. The minimum Gasteiger partial charge on any atom is -0.394 e. The predicted molar refractivity (Wildman–Crippen MR) is 60.7 cm³/mol. The van der Waals surface area contributed by atoms with Crippen LogP contribution in [0.15, 0.2) is 16.9 Å². The molecule has 0 aliphatic carbocycles. The molecule has 1 atom stereocenters. The van der Waals surface area contributed by atoms with E-state index in [1.54, 1.807) is 11.9 Å². The van der Waals surface area contributed by atoms with Gasteiger partial charge in [-0.25, -0.2) is 0 Å². The fourth-order valence-electron chi connectivity index (χ4n) is 1.36. The highest BCUT2D eigenvalue weighted by Gasteiger charge is 2.32. The molecule has 0 radical (unpaired) electrons. The Hall–Kier alpha value is -1.83. The quantitative estimate of drug-likeness (QED) is 0.765. The minimum atomic E-state index is -4.68. The molecule has 1 aromatic heterocycles. The Labute approximate surface area is 106 Å². The number of alkyl halides is 3. The van der Waals surface area contributed by atoms with Gasteiger partial charge in [0.05, 0.1) is 12.6 Å². The lowest BCUT2D eigenvalue weighted by Gasteiger charge is -2.13. The van der Waals surface area contributed by atoms with E-state index < -0.39 is 34.9 Å². The molecule has 0 spiro atoms. The summed E-state index contributed by atoms with van der Waals surface area (Å²) in [7, 11) is 0. The number of pyridine rings is 1. The largest absolute Gasteiger partial charge is 0.431 e. The Kier molecular flexibility index (Phi) is 4.71. The van der Waals surface area contributed by atoms with Crippen LogP contribution < -0.4 is 10.9 Å². The number of aliphatic hydroxyl groups is 1. The van der Waals surface area contributed by atoms with Gasteiger partial charge in [0.2, 0.25) is 0 Å². The van der Waals surface area contributed by atoms with Crippen molar-refractivity contribution in [2.75, 3.05) is 6.61 Å². The third-order valence-corrected chi connectivity index (χ3v) is 2.51. The van der Waals surface area contributed by atoms with Crippen molar-refractivity contribution < 1.29 is 23.1 Å². The lowest BCUT2D eigenvalue weighted by atomic mass is 10.2. The van der Waals surface area contributed by atoms with Crippen molar-refractivity contribution in [3.63, 3.8) is 0 Å². The van der Waals surface area contributed by atoms with E-state index in [1.165, 1.54) is 0 Å². The van der Waals surface area contributed by atoms with Crippen LogP contribution in [-0.4, -0.2) is 28.6 Å². The van der Waals surface area contributed by atoms with Crippen molar-refractivity contribution in [2.24, 2.45) is 0 Å². The first-order valence-corrected chi connectivity index (χ1v) is 5.51. The average molecular weight is 278 g/mol. The van der Waals surface area contributed by atoms with Crippen molar-refractivity contribution in [2.45, 2.75) is 25.6 Å². The van der Waals surface area contributed by atoms with Gasteiger partial charge in [-0.3, -0.25) is 9.59 Å². The molecule has 1 rings (SSSR count). The number of carbonyl (C=O) groups excluding carboxylic acids is 1. The van der Waals surface area contributed by atoms with Crippen molar-refractivity contribution in [1.82, 2.24) is 10.3 Å². The van der Waals surface area contributed by atoms with Crippen molar-refractivity contribution >= 4 is 5.91 Å². The molecule has 0 bridgehead atoms. The first kappa shape index (κ1) is 15.2. The molecule has 0 saturated heterocycles. The van der Waals surface area contributed by atoms with Crippen molar-refractivity contribution in [3.8, 4) is 0 Å². The van der Waals surface area contributed by atoms with E-state index in [0.717, 1.165) is 6.07 Å². The summed E-state index contributed by atoms with van der Waals surface area (Å²) >= 11 is 0. The van der Waals surface area contributed by atoms with Crippen molar-refractivity contribution in [1.29, 1.82) is 0 Å². The van der Waals surface area contributed by atoms with Crippen LogP contribution in [0.2, 0.25) is 0 Å². The maximum absolute atomic E-state index is 12.3. The van der Waals surface area contributed by atoms with Gasteiger partial charge in [-0.05, 0) is 18.6 Å². The number of carbonyl (C=O) groups is 1. The highest BCUT2D eigenvalue weighted by molar-refractivity contribution is 5.94. The SMILES string of the molecule is CC[C@H](CO)NC(=O)c1ccc(C(F)(F)F)[nH]c1=O. The second-order valence-corrected chi connectivity index (χ2v) is 3.87. The van der Waals surface area contributed by atoms with Crippen LogP contribution in [-0.2, 0) is 6.18 Å². The number of rotatable bonds is 4. The Morgan fingerprint density at radius 1 is 1.47 bits per heavy atom.